The average molecular weight is 281 g/mol. The van der Waals surface area contributed by atoms with Crippen LogP contribution in [-0.2, 0) is 4.79 Å². The van der Waals surface area contributed by atoms with Crippen LogP contribution in [0.1, 0.15) is 24.8 Å². The molecule has 2 rings (SSSR count). The highest BCUT2D eigenvalue weighted by atomic mass is 32.1. The monoisotopic (exact) mass is 281 g/mol. The van der Waals surface area contributed by atoms with E-state index in [1.165, 1.54) is 4.88 Å². The van der Waals surface area contributed by atoms with Crippen LogP contribution in [0.15, 0.2) is 17.5 Å². The molecule has 1 aromatic heterocycles. The first-order valence-electron chi connectivity index (χ1n) is 6.96. The summed E-state index contributed by atoms with van der Waals surface area (Å²) in [6.07, 6.45) is 0. The molecular weight excluding hydrogens is 258 g/mol. The molecule has 1 fully saturated rings. The Morgan fingerprint density at radius 1 is 1.37 bits per heavy atom. The van der Waals surface area contributed by atoms with Gasteiger partial charge in [-0.05, 0) is 24.9 Å². The number of nitrogens with zero attached hydrogens (tertiary/aromatic N) is 2. The average Bonchev–Trinajstić information content (AvgIpc) is 2.93. The number of piperazine rings is 1. The molecule has 0 bridgehead atoms. The number of thiophene rings is 1. The van der Waals surface area contributed by atoms with Crippen molar-refractivity contribution in [1.82, 2.24) is 15.1 Å². The van der Waals surface area contributed by atoms with Crippen LogP contribution in [0.2, 0.25) is 0 Å². The molecule has 0 spiro atoms. The summed E-state index contributed by atoms with van der Waals surface area (Å²) in [7, 11) is 0. The smallest absolute Gasteiger partial charge is 0.234 e. The molecule has 0 radical (unpaired) electrons. The van der Waals surface area contributed by atoms with Crippen molar-refractivity contribution >= 4 is 17.2 Å². The molecular formula is C14H23N3OS. The molecule has 1 saturated heterocycles. The predicted molar refractivity (Wildman–Crippen MR) is 79.4 cm³/mol. The SMILES string of the molecule is CCN1CCN(CC(=O)NC(C)c2cccs2)CC1. The van der Waals surface area contributed by atoms with Crippen molar-refractivity contribution in [1.29, 1.82) is 0 Å². The molecule has 1 aliphatic rings. The lowest BCUT2D eigenvalue weighted by atomic mass is 10.2. The first kappa shape index (κ1) is 14.5. The third-order valence-corrected chi connectivity index (χ3v) is 4.68. The van der Waals surface area contributed by atoms with Crippen molar-refractivity contribution in [2.75, 3.05) is 39.3 Å². The van der Waals surface area contributed by atoms with Gasteiger partial charge in [0, 0.05) is 31.1 Å². The Kier molecular flexibility index (Phi) is 5.36. The maximum absolute atomic E-state index is 12.0. The second-order valence-electron chi connectivity index (χ2n) is 5.02. The topological polar surface area (TPSA) is 35.6 Å². The molecule has 0 aromatic carbocycles. The predicted octanol–water partition coefficient (Wildman–Crippen LogP) is 1.56. The van der Waals surface area contributed by atoms with Gasteiger partial charge in [0.1, 0.15) is 0 Å². The number of likely N-dealkylation sites (N-methyl/N-ethyl adjacent to an activating group) is 1. The third-order valence-electron chi connectivity index (χ3n) is 3.63. The Bertz CT molecular complexity index is 385. The molecule has 0 aliphatic carbocycles. The summed E-state index contributed by atoms with van der Waals surface area (Å²) in [5, 5.41) is 5.11. The summed E-state index contributed by atoms with van der Waals surface area (Å²) in [5.41, 5.74) is 0. The van der Waals surface area contributed by atoms with E-state index < -0.39 is 0 Å². The molecule has 4 nitrogen and oxygen atoms in total. The van der Waals surface area contributed by atoms with E-state index in [0.29, 0.717) is 6.54 Å². The number of hydrogen-bond acceptors (Lipinski definition) is 4. The van der Waals surface area contributed by atoms with Gasteiger partial charge in [0.15, 0.2) is 0 Å². The molecule has 0 saturated carbocycles. The molecule has 5 heteroatoms. The molecule has 106 valence electrons. The molecule has 2 heterocycles. The second-order valence-corrected chi connectivity index (χ2v) is 5.99. The highest BCUT2D eigenvalue weighted by Crippen LogP contribution is 2.17. The van der Waals surface area contributed by atoms with Gasteiger partial charge >= 0.3 is 0 Å². The Morgan fingerprint density at radius 3 is 2.63 bits per heavy atom. The van der Waals surface area contributed by atoms with Crippen molar-refractivity contribution in [3.8, 4) is 0 Å². The number of rotatable bonds is 5. The van der Waals surface area contributed by atoms with Gasteiger partial charge in [-0.3, -0.25) is 9.69 Å². The summed E-state index contributed by atoms with van der Waals surface area (Å²) in [6, 6.07) is 4.20. The van der Waals surface area contributed by atoms with Gasteiger partial charge in [-0.1, -0.05) is 13.0 Å². The lowest BCUT2D eigenvalue weighted by Crippen LogP contribution is -2.49. The summed E-state index contributed by atoms with van der Waals surface area (Å²) in [6.45, 7) is 9.99. The van der Waals surface area contributed by atoms with Gasteiger partial charge in [-0.15, -0.1) is 11.3 Å². The van der Waals surface area contributed by atoms with Crippen LogP contribution in [0, 0.1) is 0 Å². The lowest BCUT2D eigenvalue weighted by molar-refractivity contribution is -0.123. The first-order chi connectivity index (χ1) is 9.19. The number of amides is 1. The lowest BCUT2D eigenvalue weighted by Gasteiger charge is -2.33. The molecule has 1 atom stereocenters. The fraction of sp³-hybridized carbons (Fsp3) is 0.643. The standard InChI is InChI=1S/C14H23N3OS/c1-3-16-6-8-17(9-7-16)11-14(18)15-12(2)13-5-4-10-19-13/h4-5,10,12H,3,6-9,11H2,1-2H3,(H,15,18). The summed E-state index contributed by atoms with van der Waals surface area (Å²) in [5.74, 6) is 0.130. The van der Waals surface area contributed by atoms with Crippen LogP contribution in [0.3, 0.4) is 0 Å². The summed E-state index contributed by atoms with van der Waals surface area (Å²) in [4.78, 5) is 17.9. The zero-order valence-electron chi connectivity index (χ0n) is 11.8. The Morgan fingerprint density at radius 2 is 2.05 bits per heavy atom. The molecule has 1 amide bonds. The fourth-order valence-electron chi connectivity index (χ4n) is 2.36. The van der Waals surface area contributed by atoms with Crippen molar-refractivity contribution in [2.24, 2.45) is 0 Å². The number of hydrogen-bond donors (Lipinski definition) is 1. The van der Waals surface area contributed by atoms with Crippen molar-refractivity contribution in [2.45, 2.75) is 19.9 Å². The minimum Gasteiger partial charge on any atom is -0.348 e. The largest absolute Gasteiger partial charge is 0.348 e. The van der Waals surface area contributed by atoms with Crippen LogP contribution in [0.4, 0.5) is 0 Å². The van der Waals surface area contributed by atoms with Gasteiger partial charge in [0.25, 0.3) is 0 Å². The zero-order valence-corrected chi connectivity index (χ0v) is 12.6. The van der Waals surface area contributed by atoms with Crippen LogP contribution in [-0.4, -0.2) is 55.0 Å². The van der Waals surface area contributed by atoms with E-state index >= 15 is 0 Å². The van der Waals surface area contributed by atoms with Crippen molar-refractivity contribution in [3.63, 3.8) is 0 Å². The first-order valence-corrected chi connectivity index (χ1v) is 7.84. The third kappa shape index (κ3) is 4.30. The number of nitrogens with one attached hydrogen (secondary N) is 1. The quantitative estimate of drug-likeness (QED) is 0.890. The highest BCUT2D eigenvalue weighted by Gasteiger charge is 2.18. The van der Waals surface area contributed by atoms with E-state index in [4.69, 9.17) is 0 Å². The Labute approximate surface area is 119 Å². The van der Waals surface area contributed by atoms with E-state index in [-0.39, 0.29) is 11.9 Å². The van der Waals surface area contributed by atoms with Crippen molar-refractivity contribution in [3.05, 3.63) is 22.4 Å². The molecule has 19 heavy (non-hydrogen) atoms. The Balaban J connectivity index is 1.73. The normalized spacial score (nSPS) is 19.3. The van der Waals surface area contributed by atoms with Gasteiger partial charge < -0.3 is 10.2 Å². The van der Waals surface area contributed by atoms with E-state index in [0.717, 1.165) is 32.7 Å². The minimum absolute atomic E-state index is 0.115. The summed E-state index contributed by atoms with van der Waals surface area (Å²) >= 11 is 1.69. The van der Waals surface area contributed by atoms with Crippen LogP contribution in [0.5, 0.6) is 0 Å². The second kappa shape index (κ2) is 7.03. The molecule has 1 unspecified atom stereocenters. The van der Waals surface area contributed by atoms with Crippen LogP contribution in [0.25, 0.3) is 0 Å². The maximum Gasteiger partial charge on any atom is 0.234 e. The summed E-state index contributed by atoms with van der Waals surface area (Å²) < 4.78 is 0. The van der Waals surface area contributed by atoms with Crippen molar-refractivity contribution < 1.29 is 4.79 Å². The number of carbonyl (C=O) groups is 1. The molecule has 1 aromatic rings. The van der Waals surface area contributed by atoms with Gasteiger partial charge in [0.05, 0.1) is 12.6 Å². The zero-order chi connectivity index (χ0) is 13.7. The van der Waals surface area contributed by atoms with E-state index in [9.17, 15) is 4.79 Å². The van der Waals surface area contributed by atoms with Gasteiger partial charge in [-0.25, -0.2) is 0 Å². The number of carbonyl (C=O) groups excluding carboxylic acids is 1. The fourth-order valence-corrected chi connectivity index (χ4v) is 3.10. The van der Waals surface area contributed by atoms with Crippen LogP contribution >= 0.6 is 11.3 Å². The van der Waals surface area contributed by atoms with Gasteiger partial charge in [0.2, 0.25) is 5.91 Å². The van der Waals surface area contributed by atoms with E-state index in [2.05, 4.69) is 28.1 Å². The molecule has 1 aliphatic heterocycles. The highest BCUT2D eigenvalue weighted by molar-refractivity contribution is 7.10. The van der Waals surface area contributed by atoms with Gasteiger partial charge in [-0.2, -0.15) is 0 Å². The Hall–Kier alpha value is -0.910. The van der Waals surface area contributed by atoms with E-state index in [1.807, 2.05) is 18.4 Å². The van der Waals surface area contributed by atoms with E-state index in [1.54, 1.807) is 11.3 Å². The maximum atomic E-state index is 12.0. The minimum atomic E-state index is 0.115. The van der Waals surface area contributed by atoms with Crippen LogP contribution < -0.4 is 5.32 Å². The molecule has 1 N–H and O–H groups in total.